The average Bonchev–Trinajstić information content (AvgIpc) is 3.14. The Morgan fingerprint density at radius 1 is 1.22 bits per heavy atom. The van der Waals surface area contributed by atoms with Gasteiger partial charge in [-0.05, 0) is 29.8 Å². The molecule has 2 aromatic rings. The Bertz CT molecular complexity index is 889. The van der Waals surface area contributed by atoms with Gasteiger partial charge in [0.15, 0.2) is 16.7 Å². The Morgan fingerprint density at radius 3 is 2.74 bits per heavy atom. The number of halogens is 2. The number of methoxy groups -OCH3 is 2. The normalized spacial score (nSPS) is 13.5. The molecular formula is C19H18Cl2N2O3S. The maximum Gasteiger partial charge on any atom is 0.263 e. The molecule has 0 bridgehead atoms. The largest absolute Gasteiger partial charge is 0.493 e. The van der Waals surface area contributed by atoms with Crippen molar-refractivity contribution in [1.29, 1.82) is 0 Å². The fraction of sp³-hybridized carbons (Fsp3) is 0.263. The first-order valence-corrected chi connectivity index (χ1v) is 9.93. The lowest BCUT2D eigenvalue weighted by molar-refractivity contribution is 0.0856. The topological polar surface area (TPSA) is 51.1 Å². The Morgan fingerprint density at radius 2 is 2.04 bits per heavy atom. The first-order chi connectivity index (χ1) is 13.0. The van der Waals surface area contributed by atoms with Crippen LogP contribution in [0, 0.1) is 0 Å². The molecule has 0 atom stereocenters. The summed E-state index contributed by atoms with van der Waals surface area (Å²) in [6.07, 6.45) is 0. The molecule has 5 nitrogen and oxygen atoms in total. The van der Waals surface area contributed by atoms with Crippen molar-refractivity contribution in [2.75, 3.05) is 27.3 Å². The molecule has 0 fully saturated rings. The maximum atomic E-state index is 13.1. The number of para-hydroxylation sites is 1. The molecule has 1 heterocycles. The van der Waals surface area contributed by atoms with E-state index in [9.17, 15) is 4.79 Å². The number of benzene rings is 2. The third-order valence-corrected chi connectivity index (χ3v) is 5.70. The summed E-state index contributed by atoms with van der Waals surface area (Å²) in [6.45, 7) is 1.09. The minimum atomic E-state index is -0.170. The van der Waals surface area contributed by atoms with Gasteiger partial charge in [0.25, 0.3) is 5.91 Å². The molecule has 1 aliphatic rings. The van der Waals surface area contributed by atoms with Crippen LogP contribution in [0.3, 0.4) is 0 Å². The van der Waals surface area contributed by atoms with Crippen molar-refractivity contribution < 1.29 is 14.3 Å². The molecule has 0 unspecified atom stereocenters. The number of carbonyl (C=O) groups is 1. The molecule has 8 heteroatoms. The molecule has 1 aliphatic heterocycles. The Balaban J connectivity index is 1.77. The summed E-state index contributed by atoms with van der Waals surface area (Å²) in [5.74, 6) is 1.36. The molecule has 3 rings (SSSR count). The molecule has 1 amide bonds. The Labute approximate surface area is 172 Å². The van der Waals surface area contributed by atoms with Crippen LogP contribution in [0.1, 0.15) is 15.9 Å². The fourth-order valence-electron chi connectivity index (χ4n) is 2.72. The second-order valence-corrected chi connectivity index (χ2v) is 7.47. The summed E-state index contributed by atoms with van der Waals surface area (Å²) in [6, 6.07) is 10.6. The second-order valence-electron chi connectivity index (χ2n) is 5.69. The monoisotopic (exact) mass is 424 g/mol. The lowest BCUT2D eigenvalue weighted by Gasteiger charge is -2.20. The van der Waals surface area contributed by atoms with Crippen molar-refractivity contribution in [3.8, 4) is 11.5 Å². The molecule has 0 aromatic heterocycles. The predicted molar refractivity (Wildman–Crippen MR) is 111 cm³/mol. The third kappa shape index (κ3) is 4.34. The minimum absolute atomic E-state index is 0.170. The molecule has 0 N–H and O–H groups in total. The van der Waals surface area contributed by atoms with Crippen molar-refractivity contribution in [2.24, 2.45) is 4.99 Å². The molecule has 0 aliphatic carbocycles. The van der Waals surface area contributed by atoms with Crippen LogP contribution in [0.2, 0.25) is 10.0 Å². The second kappa shape index (κ2) is 8.87. The first kappa shape index (κ1) is 19.9. The van der Waals surface area contributed by atoms with E-state index < -0.39 is 0 Å². The lowest BCUT2D eigenvalue weighted by atomic mass is 10.1. The van der Waals surface area contributed by atoms with E-state index in [1.807, 2.05) is 6.07 Å². The van der Waals surface area contributed by atoms with Crippen LogP contribution >= 0.6 is 35.0 Å². The number of rotatable bonds is 5. The highest BCUT2D eigenvalue weighted by Gasteiger charge is 2.28. The average molecular weight is 425 g/mol. The van der Waals surface area contributed by atoms with Crippen LogP contribution in [-0.4, -0.2) is 43.3 Å². The zero-order chi connectivity index (χ0) is 19.4. The van der Waals surface area contributed by atoms with Crippen molar-refractivity contribution in [1.82, 2.24) is 4.90 Å². The smallest absolute Gasteiger partial charge is 0.263 e. The maximum absolute atomic E-state index is 13.1. The zero-order valence-electron chi connectivity index (χ0n) is 14.9. The molecule has 2 aromatic carbocycles. The number of carbonyl (C=O) groups excluding carboxylic acids is 1. The summed E-state index contributed by atoms with van der Waals surface area (Å²) < 4.78 is 10.7. The summed E-state index contributed by atoms with van der Waals surface area (Å²) in [4.78, 5) is 19.2. The fourth-order valence-corrected chi connectivity index (χ4v) is 4.32. The summed E-state index contributed by atoms with van der Waals surface area (Å²) >= 11 is 13.6. The number of thioether (sulfide) groups is 1. The van der Waals surface area contributed by atoms with Gasteiger partial charge < -0.3 is 9.47 Å². The molecule has 0 spiro atoms. The van der Waals surface area contributed by atoms with Gasteiger partial charge in [0.2, 0.25) is 0 Å². The van der Waals surface area contributed by atoms with Gasteiger partial charge in [-0.1, -0.05) is 47.1 Å². The number of nitrogens with zero attached hydrogens (tertiary/aromatic N) is 2. The van der Waals surface area contributed by atoms with E-state index in [4.69, 9.17) is 32.7 Å². The van der Waals surface area contributed by atoms with E-state index in [0.717, 1.165) is 5.56 Å². The predicted octanol–water partition coefficient (Wildman–Crippen LogP) is 4.76. The number of hydrogen-bond donors (Lipinski definition) is 0. The third-order valence-electron chi connectivity index (χ3n) is 4.05. The Kier molecular flexibility index (Phi) is 6.52. The summed E-state index contributed by atoms with van der Waals surface area (Å²) in [5.41, 5.74) is 1.38. The van der Waals surface area contributed by atoms with Crippen LogP contribution in [-0.2, 0) is 5.75 Å². The summed E-state index contributed by atoms with van der Waals surface area (Å²) in [7, 11) is 3.06. The van der Waals surface area contributed by atoms with E-state index >= 15 is 0 Å². The molecule has 142 valence electrons. The van der Waals surface area contributed by atoms with Gasteiger partial charge in [-0.25, -0.2) is 0 Å². The lowest BCUT2D eigenvalue weighted by Crippen LogP contribution is -2.33. The molecule has 0 saturated heterocycles. The van der Waals surface area contributed by atoms with Gasteiger partial charge in [-0.15, -0.1) is 0 Å². The van der Waals surface area contributed by atoms with Crippen LogP contribution in [0.5, 0.6) is 11.5 Å². The van der Waals surface area contributed by atoms with E-state index in [1.54, 1.807) is 42.3 Å². The highest BCUT2D eigenvalue weighted by atomic mass is 35.5. The van der Waals surface area contributed by atoms with E-state index in [1.165, 1.54) is 18.9 Å². The van der Waals surface area contributed by atoms with Gasteiger partial charge in [0.05, 0.1) is 26.3 Å². The summed E-state index contributed by atoms with van der Waals surface area (Å²) in [5, 5.41) is 1.85. The van der Waals surface area contributed by atoms with Gasteiger partial charge in [-0.3, -0.25) is 14.7 Å². The number of aliphatic imine (C=N–C) groups is 1. The van der Waals surface area contributed by atoms with Crippen molar-refractivity contribution in [3.05, 3.63) is 57.6 Å². The number of amides is 1. The first-order valence-electron chi connectivity index (χ1n) is 8.19. The number of hydrogen-bond acceptors (Lipinski definition) is 5. The quantitative estimate of drug-likeness (QED) is 0.694. The molecular weight excluding hydrogens is 407 g/mol. The molecule has 0 radical (unpaired) electrons. The standard InChI is InChI=1S/C19H18Cl2N2O3S/c1-25-16-5-3-4-14(17(16)26-2)18(24)23-9-8-22-19(23)27-11-12-6-7-13(20)10-15(12)21/h3-7,10H,8-9,11H2,1-2H3. The van der Waals surface area contributed by atoms with Crippen LogP contribution in [0.25, 0.3) is 0 Å². The van der Waals surface area contributed by atoms with Gasteiger partial charge >= 0.3 is 0 Å². The van der Waals surface area contributed by atoms with Gasteiger partial charge in [-0.2, -0.15) is 0 Å². The number of amidine groups is 1. The van der Waals surface area contributed by atoms with Crippen molar-refractivity contribution in [3.63, 3.8) is 0 Å². The van der Waals surface area contributed by atoms with E-state index in [2.05, 4.69) is 4.99 Å². The van der Waals surface area contributed by atoms with Crippen molar-refractivity contribution >= 4 is 46.0 Å². The highest BCUT2D eigenvalue weighted by Crippen LogP contribution is 2.33. The zero-order valence-corrected chi connectivity index (χ0v) is 17.2. The highest BCUT2D eigenvalue weighted by molar-refractivity contribution is 8.13. The van der Waals surface area contributed by atoms with Crippen LogP contribution in [0.15, 0.2) is 41.4 Å². The molecule has 27 heavy (non-hydrogen) atoms. The Hall–Kier alpha value is -1.89. The number of ether oxygens (including phenoxy) is 2. The van der Waals surface area contributed by atoms with Crippen LogP contribution < -0.4 is 9.47 Å². The van der Waals surface area contributed by atoms with Crippen molar-refractivity contribution in [2.45, 2.75) is 5.75 Å². The van der Waals surface area contributed by atoms with E-state index in [0.29, 0.717) is 51.1 Å². The van der Waals surface area contributed by atoms with Gasteiger partial charge in [0, 0.05) is 22.3 Å². The van der Waals surface area contributed by atoms with Crippen LogP contribution in [0.4, 0.5) is 0 Å². The minimum Gasteiger partial charge on any atom is -0.493 e. The SMILES string of the molecule is COc1cccc(C(=O)N2CCN=C2SCc2ccc(Cl)cc2Cl)c1OC. The van der Waals surface area contributed by atoms with E-state index in [-0.39, 0.29) is 5.91 Å². The van der Waals surface area contributed by atoms with Gasteiger partial charge in [0.1, 0.15) is 0 Å². The molecule has 0 saturated carbocycles.